The molecule has 0 aromatic carbocycles. The number of phosphoric acid groups is 1. The Labute approximate surface area is 263 Å². The number of imidazole rings is 1. The maximum atomic E-state index is 12.6. The van der Waals surface area contributed by atoms with Crippen LogP contribution < -0.4 is 11.3 Å². The van der Waals surface area contributed by atoms with Gasteiger partial charge in [-0.3, -0.25) is 28.2 Å². The molecule has 0 aliphatic carbocycles. The average Bonchev–Trinajstić information content (AvgIpc) is 3.61. The quantitative estimate of drug-likeness (QED) is 0.0650. The van der Waals surface area contributed by atoms with Crippen molar-refractivity contribution in [3.63, 3.8) is 0 Å². The van der Waals surface area contributed by atoms with Crippen molar-refractivity contribution in [3.8, 4) is 0 Å². The molecule has 256 valence electrons. The normalized spacial score (nSPS) is 20.4. The van der Waals surface area contributed by atoms with Gasteiger partial charge in [-0.15, -0.1) is 0 Å². The van der Waals surface area contributed by atoms with E-state index in [4.69, 9.17) is 24.3 Å². The van der Waals surface area contributed by atoms with Crippen molar-refractivity contribution in [2.75, 3.05) is 25.6 Å². The number of unbranched alkanes of at least 4 members (excludes halogenated alkanes) is 12. The number of phosphoric ester groups is 1. The maximum Gasteiger partial charge on any atom is 0.472 e. The van der Waals surface area contributed by atoms with Crippen LogP contribution in [0.1, 0.15) is 109 Å². The van der Waals surface area contributed by atoms with Gasteiger partial charge in [-0.1, -0.05) is 84.0 Å². The topological polar surface area (TPSA) is 221 Å². The number of hydrogen-bond donors (Lipinski definition) is 5. The lowest BCUT2D eigenvalue weighted by molar-refractivity contribution is -0.147. The van der Waals surface area contributed by atoms with Crippen LogP contribution in [0.4, 0.5) is 5.95 Å². The molecule has 1 aliphatic rings. The van der Waals surface area contributed by atoms with E-state index in [9.17, 15) is 29.3 Å². The SMILES string of the molecule is CCCCCCCCCCCCCCCC(=O)OC[C@@H](O)COP(=O)(O)O[C@H]1C[C@H](n2cnc3c(=O)[nH]c(N)nc32)O[C@@H]1CO. The van der Waals surface area contributed by atoms with Crippen LogP contribution in [0.2, 0.25) is 0 Å². The van der Waals surface area contributed by atoms with Crippen LogP contribution in [-0.4, -0.2) is 78.7 Å². The predicted molar refractivity (Wildman–Crippen MR) is 166 cm³/mol. The fourth-order valence-electron chi connectivity index (χ4n) is 5.28. The first-order chi connectivity index (χ1) is 21.6. The molecule has 3 rings (SSSR count). The van der Waals surface area contributed by atoms with Gasteiger partial charge in [-0.25, -0.2) is 9.55 Å². The molecule has 1 saturated heterocycles. The summed E-state index contributed by atoms with van der Waals surface area (Å²) in [5, 5.41) is 19.8. The zero-order valence-electron chi connectivity index (χ0n) is 26.2. The molecular weight excluding hydrogens is 609 g/mol. The van der Waals surface area contributed by atoms with Crippen molar-refractivity contribution in [1.29, 1.82) is 0 Å². The van der Waals surface area contributed by atoms with Crippen LogP contribution in [0.5, 0.6) is 0 Å². The molecule has 0 amide bonds. The number of nitrogens with one attached hydrogen (secondary N) is 1. The first kappa shape index (κ1) is 37.1. The van der Waals surface area contributed by atoms with Gasteiger partial charge in [-0.05, 0) is 6.42 Å². The molecule has 1 unspecified atom stereocenters. The van der Waals surface area contributed by atoms with Gasteiger partial charge in [-0.2, -0.15) is 4.98 Å². The summed E-state index contributed by atoms with van der Waals surface area (Å²) in [5.74, 6) is -0.582. The summed E-state index contributed by atoms with van der Waals surface area (Å²) >= 11 is 0. The summed E-state index contributed by atoms with van der Waals surface area (Å²) in [6, 6.07) is 0. The number of nitrogens with two attached hydrogens (primary N) is 1. The lowest BCUT2D eigenvalue weighted by Gasteiger charge is -2.20. The van der Waals surface area contributed by atoms with Crippen LogP contribution in [0.25, 0.3) is 11.2 Å². The third-order valence-corrected chi connectivity index (χ3v) is 8.75. The number of ether oxygens (including phenoxy) is 2. The minimum Gasteiger partial charge on any atom is -0.463 e. The summed E-state index contributed by atoms with van der Waals surface area (Å²) in [4.78, 5) is 44.7. The number of hydrogen-bond acceptors (Lipinski definition) is 12. The number of aromatic nitrogens is 4. The number of aromatic amines is 1. The fraction of sp³-hybridized carbons (Fsp3) is 0.793. The molecule has 1 aliphatic heterocycles. The zero-order chi connectivity index (χ0) is 32.7. The van der Waals surface area contributed by atoms with Gasteiger partial charge >= 0.3 is 13.8 Å². The van der Waals surface area contributed by atoms with Crippen LogP contribution in [0, 0.1) is 0 Å². The summed E-state index contributed by atoms with van der Waals surface area (Å²) in [7, 11) is -4.71. The first-order valence-electron chi connectivity index (χ1n) is 16.1. The summed E-state index contributed by atoms with van der Waals surface area (Å²) in [6.07, 6.45) is 12.9. The monoisotopic (exact) mass is 659 g/mol. The molecule has 1 fully saturated rings. The summed E-state index contributed by atoms with van der Waals surface area (Å²) in [6.45, 7) is 0.670. The molecule has 0 saturated carbocycles. The largest absolute Gasteiger partial charge is 0.472 e. The molecule has 6 N–H and O–H groups in total. The van der Waals surface area contributed by atoms with Crippen molar-refractivity contribution in [2.24, 2.45) is 0 Å². The molecule has 15 nitrogen and oxygen atoms in total. The number of esters is 1. The summed E-state index contributed by atoms with van der Waals surface area (Å²) in [5.41, 5.74) is 5.24. The minimum absolute atomic E-state index is 0.0155. The third-order valence-electron chi connectivity index (χ3n) is 7.74. The van der Waals surface area contributed by atoms with Gasteiger partial charge in [0.15, 0.2) is 11.2 Å². The zero-order valence-corrected chi connectivity index (χ0v) is 27.1. The number of nitrogens with zero attached hydrogens (tertiary/aromatic N) is 3. The Morgan fingerprint density at radius 1 is 1.11 bits per heavy atom. The molecule has 0 bridgehead atoms. The van der Waals surface area contributed by atoms with Crippen LogP contribution in [-0.2, 0) is 27.9 Å². The van der Waals surface area contributed by atoms with Crippen LogP contribution in [0.15, 0.2) is 11.1 Å². The molecule has 3 heterocycles. The number of H-pyrrole nitrogens is 1. The number of anilines is 1. The number of rotatable bonds is 23. The van der Waals surface area contributed by atoms with E-state index < -0.39 is 63.7 Å². The average molecular weight is 660 g/mol. The second kappa shape index (κ2) is 19.3. The predicted octanol–water partition coefficient (Wildman–Crippen LogP) is 3.87. The molecule has 0 radical (unpaired) electrons. The Morgan fingerprint density at radius 2 is 1.73 bits per heavy atom. The van der Waals surface area contributed by atoms with Gasteiger partial charge < -0.3 is 30.3 Å². The smallest absolute Gasteiger partial charge is 0.463 e. The van der Waals surface area contributed by atoms with E-state index >= 15 is 0 Å². The standard InChI is InChI=1S/C29H50N5O10P/c1-2-3-4-5-6-7-8-9-10-11-12-13-14-15-25(37)41-18-21(36)19-42-45(39,40)44-22-16-24(43-23(22)17-35)34-20-31-26-27(34)32-29(30)33-28(26)38/h20-24,35-36H,2-19H2,1H3,(H,39,40)(H3,30,32,33,38)/t21-,22+,23-,24-/m1/s1. The number of nitrogen functional groups attached to an aromatic ring is 1. The number of carbonyl (C=O) groups is 1. The lowest BCUT2D eigenvalue weighted by Crippen LogP contribution is -2.28. The van der Waals surface area contributed by atoms with Crippen molar-refractivity contribution in [2.45, 2.75) is 128 Å². The van der Waals surface area contributed by atoms with E-state index in [2.05, 4.69) is 21.9 Å². The van der Waals surface area contributed by atoms with Gasteiger partial charge in [0.05, 0.1) is 19.5 Å². The van der Waals surface area contributed by atoms with Crippen LogP contribution in [0.3, 0.4) is 0 Å². The first-order valence-corrected chi connectivity index (χ1v) is 17.6. The summed E-state index contributed by atoms with van der Waals surface area (Å²) < 4.78 is 34.9. The van der Waals surface area contributed by atoms with E-state index in [1.54, 1.807) is 0 Å². The van der Waals surface area contributed by atoms with Gasteiger partial charge in [0.2, 0.25) is 5.95 Å². The Kier molecular flexibility index (Phi) is 15.9. The highest BCUT2D eigenvalue weighted by atomic mass is 31.2. The van der Waals surface area contributed by atoms with Crippen molar-refractivity contribution < 1.29 is 43.0 Å². The fourth-order valence-corrected chi connectivity index (χ4v) is 6.26. The van der Waals surface area contributed by atoms with Crippen molar-refractivity contribution >= 4 is 30.9 Å². The Balaban J connectivity index is 1.28. The van der Waals surface area contributed by atoms with E-state index in [0.29, 0.717) is 6.42 Å². The maximum absolute atomic E-state index is 12.6. The van der Waals surface area contributed by atoms with Crippen LogP contribution >= 0.6 is 7.82 Å². The lowest BCUT2D eigenvalue weighted by atomic mass is 10.0. The highest BCUT2D eigenvalue weighted by Crippen LogP contribution is 2.48. The van der Waals surface area contributed by atoms with E-state index in [1.165, 1.54) is 68.7 Å². The number of fused-ring (bicyclic) bond motifs is 1. The molecule has 2 aromatic heterocycles. The van der Waals surface area contributed by atoms with Gasteiger partial charge in [0, 0.05) is 12.8 Å². The second-order valence-corrected chi connectivity index (χ2v) is 13.0. The molecule has 0 spiro atoms. The Bertz CT molecular complexity index is 1270. The van der Waals surface area contributed by atoms with Gasteiger partial charge in [0.25, 0.3) is 5.56 Å². The highest BCUT2D eigenvalue weighted by molar-refractivity contribution is 7.47. The molecule has 2 aromatic rings. The Hall–Kier alpha value is -2.39. The number of aliphatic hydroxyl groups excluding tert-OH is 2. The molecule has 5 atom stereocenters. The Morgan fingerprint density at radius 3 is 2.36 bits per heavy atom. The van der Waals surface area contributed by atoms with E-state index in [1.807, 2.05) is 0 Å². The van der Waals surface area contributed by atoms with E-state index in [0.717, 1.165) is 19.3 Å². The molecule has 45 heavy (non-hydrogen) atoms. The molecular formula is C29H50N5O10P. The van der Waals surface area contributed by atoms with E-state index in [-0.39, 0.29) is 30.0 Å². The number of aliphatic hydroxyl groups is 2. The van der Waals surface area contributed by atoms with Crippen molar-refractivity contribution in [3.05, 3.63) is 16.7 Å². The van der Waals surface area contributed by atoms with Crippen molar-refractivity contribution in [1.82, 2.24) is 19.5 Å². The minimum atomic E-state index is -4.71. The second-order valence-electron chi connectivity index (χ2n) is 11.6. The van der Waals surface area contributed by atoms with Gasteiger partial charge in [0.1, 0.15) is 31.1 Å². The molecule has 16 heteroatoms. The third kappa shape index (κ3) is 12.7. The highest BCUT2D eigenvalue weighted by Gasteiger charge is 2.42. The number of carbonyl (C=O) groups excluding carboxylic acids is 1.